The van der Waals surface area contributed by atoms with E-state index in [2.05, 4.69) is 0 Å². The molecule has 1 aromatic rings. The Hall–Kier alpha value is -1.09. The van der Waals surface area contributed by atoms with Gasteiger partial charge in [-0.15, -0.1) is 0 Å². The molecule has 0 aliphatic carbocycles. The normalized spacial score (nSPS) is 10.0. The smallest absolute Gasteiger partial charge is 0.165 e. The summed E-state index contributed by atoms with van der Waals surface area (Å²) in [5.74, 6) is 0.119. The number of hydrogen-bond acceptors (Lipinski definition) is 2. The largest absolute Gasteiger partial charge is 0.357 e. The molecule has 2 N–H and O–H groups in total. The molecule has 3 heteroatoms. The third-order valence-corrected chi connectivity index (χ3v) is 1.53. The summed E-state index contributed by atoms with van der Waals surface area (Å²) >= 11 is 0. The van der Waals surface area contributed by atoms with Crippen LogP contribution < -0.4 is 5.73 Å². The number of carbonyl (C=O) groups excluding carboxylic acids is 1. The molecule has 0 amide bonds. The molecule has 3 nitrogen and oxygen atoms in total. The van der Waals surface area contributed by atoms with Crippen LogP contribution in [-0.4, -0.2) is 16.9 Å². The SMILES string of the molecule is Cn1ccc(C(=O)CCN)c1. The second-order valence-corrected chi connectivity index (χ2v) is 2.53. The van der Waals surface area contributed by atoms with E-state index in [0.717, 1.165) is 5.56 Å². The van der Waals surface area contributed by atoms with Gasteiger partial charge in [-0.2, -0.15) is 0 Å². The van der Waals surface area contributed by atoms with E-state index in [-0.39, 0.29) is 5.78 Å². The summed E-state index contributed by atoms with van der Waals surface area (Å²) in [6.07, 6.45) is 4.09. The van der Waals surface area contributed by atoms with Gasteiger partial charge in [0.2, 0.25) is 0 Å². The zero-order valence-electron chi connectivity index (χ0n) is 6.58. The Morgan fingerprint density at radius 3 is 2.91 bits per heavy atom. The lowest BCUT2D eigenvalue weighted by Crippen LogP contribution is -2.07. The van der Waals surface area contributed by atoms with Crippen LogP contribution in [0.3, 0.4) is 0 Å². The van der Waals surface area contributed by atoms with Gasteiger partial charge in [-0.3, -0.25) is 4.79 Å². The van der Waals surface area contributed by atoms with E-state index in [0.29, 0.717) is 13.0 Å². The fraction of sp³-hybridized carbons (Fsp3) is 0.375. The first-order chi connectivity index (χ1) is 5.24. The van der Waals surface area contributed by atoms with E-state index >= 15 is 0 Å². The van der Waals surface area contributed by atoms with Crippen LogP contribution in [0.1, 0.15) is 16.8 Å². The molecule has 0 radical (unpaired) electrons. The fourth-order valence-electron chi connectivity index (χ4n) is 0.944. The minimum absolute atomic E-state index is 0.119. The summed E-state index contributed by atoms with van der Waals surface area (Å²) in [4.78, 5) is 11.2. The number of nitrogens with two attached hydrogens (primary N) is 1. The molecule has 0 saturated heterocycles. The Morgan fingerprint density at radius 1 is 1.73 bits per heavy atom. The topological polar surface area (TPSA) is 48.0 Å². The second kappa shape index (κ2) is 3.34. The second-order valence-electron chi connectivity index (χ2n) is 2.53. The lowest BCUT2D eigenvalue weighted by atomic mass is 10.2. The summed E-state index contributed by atoms with van der Waals surface area (Å²) in [5, 5.41) is 0. The highest BCUT2D eigenvalue weighted by atomic mass is 16.1. The van der Waals surface area contributed by atoms with Gasteiger partial charge >= 0.3 is 0 Å². The number of rotatable bonds is 3. The molecule has 0 unspecified atom stereocenters. The maximum atomic E-state index is 11.2. The van der Waals surface area contributed by atoms with Crippen molar-refractivity contribution in [2.75, 3.05) is 6.54 Å². The minimum atomic E-state index is 0.119. The molecule has 60 valence electrons. The average Bonchev–Trinajstić information content (AvgIpc) is 2.36. The van der Waals surface area contributed by atoms with Crippen molar-refractivity contribution in [2.24, 2.45) is 12.8 Å². The maximum absolute atomic E-state index is 11.2. The Morgan fingerprint density at radius 2 is 2.45 bits per heavy atom. The van der Waals surface area contributed by atoms with Gasteiger partial charge in [0.1, 0.15) is 0 Å². The molecule has 0 bridgehead atoms. The third kappa shape index (κ3) is 1.91. The van der Waals surface area contributed by atoms with Crippen molar-refractivity contribution < 1.29 is 4.79 Å². The number of nitrogens with zero attached hydrogens (tertiary/aromatic N) is 1. The summed E-state index contributed by atoms with van der Waals surface area (Å²) in [7, 11) is 1.89. The summed E-state index contributed by atoms with van der Waals surface area (Å²) in [6.45, 7) is 0.424. The van der Waals surface area contributed by atoms with E-state index < -0.39 is 0 Å². The fourth-order valence-corrected chi connectivity index (χ4v) is 0.944. The highest BCUT2D eigenvalue weighted by Crippen LogP contribution is 2.02. The molecule has 1 rings (SSSR count). The van der Waals surface area contributed by atoms with Gasteiger partial charge in [0.05, 0.1) is 0 Å². The molecular weight excluding hydrogens is 140 g/mol. The Kier molecular flexibility index (Phi) is 2.44. The molecule has 11 heavy (non-hydrogen) atoms. The third-order valence-electron chi connectivity index (χ3n) is 1.53. The number of aryl methyl sites for hydroxylation is 1. The Balaban J connectivity index is 2.69. The maximum Gasteiger partial charge on any atom is 0.165 e. The van der Waals surface area contributed by atoms with Crippen LogP contribution in [0.15, 0.2) is 18.5 Å². The first kappa shape index (κ1) is 8.01. The summed E-state index contributed by atoms with van der Waals surface area (Å²) in [6, 6.07) is 1.80. The van der Waals surface area contributed by atoms with Crippen molar-refractivity contribution in [3.8, 4) is 0 Å². The quantitative estimate of drug-likeness (QED) is 0.643. The molecule has 0 saturated carbocycles. The summed E-state index contributed by atoms with van der Waals surface area (Å²) in [5.41, 5.74) is 5.99. The molecule has 0 aliphatic rings. The molecule has 0 spiro atoms. The zero-order valence-corrected chi connectivity index (χ0v) is 6.58. The van der Waals surface area contributed by atoms with Crippen LogP contribution in [0.25, 0.3) is 0 Å². The van der Waals surface area contributed by atoms with Gasteiger partial charge in [0.15, 0.2) is 5.78 Å². The van der Waals surface area contributed by atoms with Gasteiger partial charge in [0, 0.05) is 31.4 Å². The highest BCUT2D eigenvalue weighted by Gasteiger charge is 2.04. The van der Waals surface area contributed by atoms with Gasteiger partial charge in [-0.05, 0) is 12.6 Å². The monoisotopic (exact) mass is 152 g/mol. The molecule has 0 fully saturated rings. The molecule has 0 aliphatic heterocycles. The number of Topliss-reactive ketones (excluding diaryl/α,β-unsaturated/α-hetero) is 1. The number of carbonyl (C=O) groups is 1. The number of hydrogen-bond donors (Lipinski definition) is 1. The molecule has 0 aromatic carbocycles. The van der Waals surface area contributed by atoms with Crippen LogP contribution in [0, 0.1) is 0 Å². The van der Waals surface area contributed by atoms with Gasteiger partial charge < -0.3 is 10.3 Å². The van der Waals surface area contributed by atoms with Crippen LogP contribution >= 0.6 is 0 Å². The molecule has 1 aromatic heterocycles. The molecular formula is C8H12N2O. The number of ketones is 1. The first-order valence-corrected chi connectivity index (χ1v) is 3.59. The number of aromatic nitrogens is 1. The predicted octanol–water partition coefficient (Wildman–Crippen LogP) is 0.557. The van der Waals surface area contributed by atoms with Crippen molar-refractivity contribution in [3.63, 3.8) is 0 Å². The van der Waals surface area contributed by atoms with Gasteiger partial charge in [0.25, 0.3) is 0 Å². The van der Waals surface area contributed by atoms with Crippen LogP contribution in [-0.2, 0) is 7.05 Å². The standard InChI is InChI=1S/C8H12N2O/c1-10-5-3-7(6-10)8(11)2-4-9/h3,5-6H,2,4,9H2,1H3. The van der Waals surface area contributed by atoms with Crippen molar-refractivity contribution in [2.45, 2.75) is 6.42 Å². The van der Waals surface area contributed by atoms with Crippen LogP contribution in [0.5, 0.6) is 0 Å². The Labute approximate surface area is 65.8 Å². The highest BCUT2D eigenvalue weighted by molar-refractivity contribution is 5.95. The Bertz CT molecular complexity index is 252. The zero-order chi connectivity index (χ0) is 8.27. The van der Waals surface area contributed by atoms with E-state index in [4.69, 9.17) is 5.73 Å². The van der Waals surface area contributed by atoms with Gasteiger partial charge in [-0.1, -0.05) is 0 Å². The first-order valence-electron chi connectivity index (χ1n) is 3.59. The average molecular weight is 152 g/mol. The van der Waals surface area contributed by atoms with E-state index in [1.54, 1.807) is 12.3 Å². The molecule has 1 heterocycles. The van der Waals surface area contributed by atoms with Crippen LogP contribution in [0.2, 0.25) is 0 Å². The van der Waals surface area contributed by atoms with Crippen LogP contribution in [0.4, 0.5) is 0 Å². The molecule has 0 atom stereocenters. The predicted molar refractivity (Wildman–Crippen MR) is 43.4 cm³/mol. The van der Waals surface area contributed by atoms with Crippen molar-refractivity contribution >= 4 is 5.78 Å². The lowest BCUT2D eigenvalue weighted by molar-refractivity contribution is 0.0985. The van der Waals surface area contributed by atoms with Crippen molar-refractivity contribution in [1.29, 1.82) is 0 Å². The van der Waals surface area contributed by atoms with Crippen molar-refractivity contribution in [3.05, 3.63) is 24.0 Å². The minimum Gasteiger partial charge on any atom is -0.357 e. The van der Waals surface area contributed by atoms with Crippen molar-refractivity contribution in [1.82, 2.24) is 4.57 Å². The van der Waals surface area contributed by atoms with Gasteiger partial charge in [-0.25, -0.2) is 0 Å². The van der Waals surface area contributed by atoms with E-state index in [1.165, 1.54) is 0 Å². The van der Waals surface area contributed by atoms with E-state index in [9.17, 15) is 4.79 Å². The van der Waals surface area contributed by atoms with E-state index in [1.807, 2.05) is 17.8 Å². The summed E-state index contributed by atoms with van der Waals surface area (Å²) < 4.78 is 1.85. The lowest BCUT2D eigenvalue weighted by Gasteiger charge is -1.92.